The second-order valence-electron chi connectivity index (χ2n) is 3.66. The van der Waals surface area contributed by atoms with Crippen molar-refractivity contribution in [3.8, 4) is 0 Å². The Kier molecular flexibility index (Phi) is 4.30. The van der Waals surface area contributed by atoms with Crippen molar-refractivity contribution in [2.24, 2.45) is 0 Å². The first-order valence-electron chi connectivity index (χ1n) is 4.96. The Morgan fingerprint density at radius 1 is 1.67 bits per heavy atom. The van der Waals surface area contributed by atoms with E-state index in [0.29, 0.717) is 6.54 Å². The number of aromatic nitrogens is 2. The molecule has 15 heavy (non-hydrogen) atoms. The lowest BCUT2D eigenvalue weighted by molar-refractivity contribution is -0.127. The molecule has 84 valence electrons. The lowest BCUT2D eigenvalue weighted by Crippen LogP contribution is -2.28. The summed E-state index contributed by atoms with van der Waals surface area (Å²) < 4.78 is 5.17. The number of H-pyrrole nitrogens is 1. The number of aromatic amines is 1. The molecule has 1 amide bonds. The average molecular weight is 211 g/mol. The normalized spacial score (nSPS) is 10.7. The zero-order valence-electron chi connectivity index (χ0n) is 9.33. The predicted octanol–water partition coefficient (Wildman–Crippen LogP) is 0.759. The Morgan fingerprint density at radius 2 is 2.40 bits per heavy atom. The predicted molar refractivity (Wildman–Crippen MR) is 56.3 cm³/mol. The summed E-state index contributed by atoms with van der Waals surface area (Å²) in [4.78, 5) is 11.3. The Morgan fingerprint density at radius 3 is 2.93 bits per heavy atom. The number of rotatable bonds is 5. The van der Waals surface area contributed by atoms with Crippen LogP contribution in [0.1, 0.15) is 25.1 Å². The van der Waals surface area contributed by atoms with Gasteiger partial charge in [0.2, 0.25) is 5.91 Å². The summed E-state index contributed by atoms with van der Waals surface area (Å²) in [6.45, 7) is 6.30. The number of nitrogens with zero attached hydrogens (tertiary/aromatic N) is 1. The van der Waals surface area contributed by atoms with E-state index in [-0.39, 0.29) is 18.6 Å². The molecule has 0 atom stereocenters. The maximum atomic E-state index is 11.3. The maximum Gasteiger partial charge on any atom is 0.246 e. The molecule has 0 aromatic carbocycles. The van der Waals surface area contributed by atoms with Crippen LogP contribution in [-0.2, 0) is 16.1 Å². The Balaban J connectivity index is 2.26. The second kappa shape index (κ2) is 5.50. The molecule has 1 rings (SSSR count). The van der Waals surface area contributed by atoms with Gasteiger partial charge in [0.1, 0.15) is 6.61 Å². The van der Waals surface area contributed by atoms with Crippen LogP contribution in [0.3, 0.4) is 0 Å². The van der Waals surface area contributed by atoms with E-state index in [1.807, 2.05) is 20.8 Å². The first-order chi connectivity index (χ1) is 7.09. The number of aryl methyl sites for hydroxylation is 1. The molecule has 0 fully saturated rings. The van der Waals surface area contributed by atoms with Gasteiger partial charge in [-0.25, -0.2) is 0 Å². The Labute approximate surface area is 89.2 Å². The highest BCUT2D eigenvalue weighted by molar-refractivity contribution is 5.77. The molecule has 0 radical (unpaired) electrons. The van der Waals surface area contributed by atoms with Crippen LogP contribution < -0.4 is 5.32 Å². The summed E-state index contributed by atoms with van der Waals surface area (Å²) in [7, 11) is 0. The number of hydrogen-bond acceptors (Lipinski definition) is 3. The van der Waals surface area contributed by atoms with E-state index < -0.39 is 0 Å². The molecule has 2 N–H and O–H groups in total. The minimum Gasteiger partial charge on any atom is -0.369 e. The van der Waals surface area contributed by atoms with Crippen molar-refractivity contribution in [3.05, 3.63) is 17.5 Å². The SMILES string of the molecule is Cc1[nH]ncc1CNC(=O)COC(C)C. The van der Waals surface area contributed by atoms with E-state index in [1.165, 1.54) is 0 Å². The van der Waals surface area contributed by atoms with Crippen LogP contribution in [0.4, 0.5) is 0 Å². The fourth-order valence-electron chi connectivity index (χ4n) is 1.04. The van der Waals surface area contributed by atoms with Crippen molar-refractivity contribution in [1.29, 1.82) is 0 Å². The van der Waals surface area contributed by atoms with E-state index in [4.69, 9.17) is 4.74 Å². The molecule has 0 unspecified atom stereocenters. The minimum atomic E-state index is -0.107. The molecule has 5 nitrogen and oxygen atoms in total. The summed E-state index contributed by atoms with van der Waals surface area (Å²) in [5.41, 5.74) is 1.97. The molecule has 0 spiro atoms. The van der Waals surface area contributed by atoms with Crippen LogP contribution in [0.2, 0.25) is 0 Å². The van der Waals surface area contributed by atoms with E-state index in [0.717, 1.165) is 11.3 Å². The lowest BCUT2D eigenvalue weighted by atomic mass is 10.2. The van der Waals surface area contributed by atoms with Crippen molar-refractivity contribution in [3.63, 3.8) is 0 Å². The van der Waals surface area contributed by atoms with Gasteiger partial charge in [-0.05, 0) is 20.8 Å². The van der Waals surface area contributed by atoms with E-state index >= 15 is 0 Å². The Hall–Kier alpha value is -1.36. The number of hydrogen-bond donors (Lipinski definition) is 2. The van der Waals surface area contributed by atoms with Crippen molar-refractivity contribution < 1.29 is 9.53 Å². The van der Waals surface area contributed by atoms with Gasteiger partial charge in [-0.15, -0.1) is 0 Å². The van der Waals surface area contributed by atoms with Crippen LogP contribution in [0, 0.1) is 6.92 Å². The van der Waals surface area contributed by atoms with Crippen molar-refractivity contribution >= 4 is 5.91 Å². The summed E-state index contributed by atoms with van der Waals surface area (Å²) >= 11 is 0. The Bertz CT molecular complexity index is 320. The van der Waals surface area contributed by atoms with Crippen molar-refractivity contribution in [2.75, 3.05) is 6.61 Å². The van der Waals surface area contributed by atoms with Gasteiger partial charge >= 0.3 is 0 Å². The lowest BCUT2D eigenvalue weighted by Gasteiger charge is -2.07. The zero-order chi connectivity index (χ0) is 11.3. The molecule has 0 aliphatic rings. The monoisotopic (exact) mass is 211 g/mol. The van der Waals surface area contributed by atoms with Crippen molar-refractivity contribution in [1.82, 2.24) is 15.5 Å². The topological polar surface area (TPSA) is 67.0 Å². The van der Waals surface area contributed by atoms with Crippen LogP contribution >= 0.6 is 0 Å². The second-order valence-corrected chi connectivity index (χ2v) is 3.66. The summed E-state index contributed by atoms with van der Waals surface area (Å²) in [5.74, 6) is -0.107. The van der Waals surface area contributed by atoms with Gasteiger partial charge in [0, 0.05) is 17.8 Å². The number of amides is 1. The highest BCUT2D eigenvalue weighted by atomic mass is 16.5. The molecule has 0 saturated carbocycles. The van der Waals surface area contributed by atoms with Crippen LogP contribution in [0.15, 0.2) is 6.20 Å². The number of ether oxygens (including phenoxy) is 1. The molecule has 0 bridgehead atoms. The molecule has 0 aliphatic heterocycles. The number of nitrogens with one attached hydrogen (secondary N) is 2. The molecule has 1 aromatic heterocycles. The highest BCUT2D eigenvalue weighted by Crippen LogP contribution is 2.00. The molecule has 1 aromatic rings. The highest BCUT2D eigenvalue weighted by Gasteiger charge is 2.05. The summed E-state index contributed by atoms with van der Waals surface area (Å²) in [5, 5.41) is 9.43. The molecule has 0 aliphatic carbocycles. The van der Waals surface area contributed by atoms with Gasteiger partial charge < -0.3 is 10.1 Å². The third kappa shape index (κ3) is 4.12. The molecular weight excluding hydrogens is 194 g/mol. The van der Waals surface area contributed by atoms with Crippen LogP contribution in [0.25, 0.3) is 0 Å². The van der Waals surface area contributed by atoms with Gasteiger partial charge in [0.05, 0.1) is 12.3 Å². The van der Waals surface area contributed by atoms with E-state index in [1.54, 1.807) is 6.20 Å². The third-order valence-electron chi connectivity index (χ3n) is 1.96. The van der Waals surface area contributed by atoms with E-state index in [2.05, 4.69) is 15.5 Å². The molecular formula is C10H17N3O2. The maximum absolute atomic E-state index is 11.3. The summed E-state index contributed by atoms with van der Waals surface area (Å²) in [6, 6.07) is 0. The van der Waals surface area contributed by atoms with Gasteiger partial charge in [0.25, 0.3) is 0 Å². The van der Waals surface area contributed by atoms with Crippen molar-refractivity contribution in [2.45, 2.75) is 33.4 Å². The van der Waals surface area contributed by atoms with Gasteiger partial charge in [-0.3, -0.25) is 9.89 Å². The molecule has 0 saturated heterocycles. The molecule has 5 heteroatoms. The first-order valence-corrected chi connectivity index (χ1v) is 4.96. The third-order valence-corrected chi connectivity index (χ3v) is 1.96. The largest absolute Gasteiger partial charge is 0.369 e. The first kappa shape index (κ1) is 11.7. The molecule has 1 heterocycles. The van der Waals surface area contributed by atoms with Crippen LogP contribution in [-0.4, -0.2) is 28.8 Å². The number of carbonyl (C=O) groups excluding carboxylic acids is 1. The van der Waals surface area contributed by atoms with Crippen LogP contribution in [0.5, 0.6) is 0 Å². The number of carbonyl (C=O) groups is 1. The fourth-order valence-corrected chi connectivity index (χ4v) is 1.04. The smallest absolute Gasteiger partial charge is 0.246 e. The summed E-state index contributed by atoms with van der Waals surface area (Å²) in [6.07, 6.45) is 1.78. The fraction of sp³-hybridized carbons (Fsp3) is 0.600. The standard InChI is InChI=1S/C10H17N3O2/c1-7(2)15-6-10(14)11-4-9-5-12-13-8(9)3/h5,7H,4,6H2,1-3H3,(H,11,14)(H,12,13). The van der Waals surface area contributed by atoms with Gasteiger partial charge in [0.15, 0.2) is 0 Å². The van der Waals surface area contributed by atoms with Gasteiger partial charge in [-0.2, -0.15) is 5.10 Å². The van der Waals surface area contributed by atoms with Gasteiger partial charge in [-0.1, -0.05) is 0 Å². The van der Waals surface area contributed by atoms with E-state index in [9.17, 15) is 4.79 Å². The average Bonchev–Trinajstić information content (AvgIpc) is 2.58. The quantitative estimate of drug-likeness (QED) is 0.755. The zero-order valence-corrected chi connectivity index (χ0v) is 9.33. The minimum absolute atomic E-state index is 0.0754.